The molecule has 1 aromatic heterocycles. The first kappa shape index (κ1) is 12.9. The molecular weight excluding hydrogens is 276 g/mol. The van der Waals surface area contributed by atoms with Crippen LogP contribution in [0, 0.1) is 0 Å². The predicted molar refractivity (Wildman–Crippen MR) is 78.6 cm³/mol. The molecule has 0 aliphatic carbocycles. The maximum atomic E-state index is 10.7. The Balaban J connectivity index is 2.16. The van der Waals surface area contributed by atoms with Crippen LogP contribution in [-0.2, 0) is 4.79 Å². The van der Waals surface area contributed by atoms with E-state index in [0.29, 0.717) is 5.75 Å². The molecule has 0 saturated heterocycles. The Labute approximate surface area is 119 Å². The highest BCUT2D eigenvalue weighted by Gasteiger charge is 2.13. The molecule has 1 N–H and O–H groups in total. The quantitative estimate of drug-likeness (QED) is 0.740. The lowest BCUT2D eigenvalue weighted by atomic mass is 10.1. The van der Waals surface area contributed by atoms with Crippen LogP contribution in [0.1, 0.15) is 0 Å². The molecular formula is C15H12O4S. The van der Waals surface area contributed by atoms with E-state index < -0.39 is 5.97 Å². The molecule has 20 heavy (non-hydrogen) atoms. The molecule has 102 valence electrons. The number of hydrogen-bond donors (Lipinski definition) is 1. The summed E-state index contributed by atoms with van der Waals surface area (Å²) in [6, 6.07) is 11.5. The van der Waals surface area contributed by atoms with Crippen molar-refractivity contribution in [2.75, 3.05) is 12.9 Å². The number of carboxylic acids is 1. The van der Waals surface area contributed by atoms with Crippen molar-refractivity contribution in [1.82, 2.24) is 0 Å². The van der Waals surface area contributed by atoms with Crippen molar-refractivity contribution >= 4 is 39.7 Å². The number of carbonyl (C=O) groups is 1. The zero-order chi connectivity index (χ0) is 14.1. The minimum absolute atomic E-state index is 0.0118. The fraction of sp³-hybridized carbons (Fsp3) is 0.133. The topological polar surface area (TPSA) is 59.7 Å². The van der Waals surface area contributed by atoms with Crippen molar-refractivity contribution in [2.45, 2.75) is 4.90 Å². The van der Waals surface area contributed by atoms with Gasteiger partial charge in [0.15, 0.2) is 0 Å². The van der Waals surface area contributed by atoms with E-state index in [9.17, 15) is 4.79 Å². The van der Waals surface area contributed by atoms with Crippen molar-refractivity contribution < 1.29 is 19.1 Å². The van der Waals surface area contributed by atoms with E-state index >= 15 is 0 Å². The maximum absolute atomic E-state index is 10.7. The van der Waals surface area contributed by atoms with Crippen molar-refractivity contribution in [1.29, 1.82) is 0 Å². The highest BCUT2D eigenvalue weighted by atomic mass is 32.2. The fourth-order valence-corrected chi connectivity index (χ4v) is 2.90. The summed E-state index contributed by atoms with van der Waals surface area (Å²) in [4.78, 5) is 11.5. The lowest BCUT2D eigenvalue weighted by molar-refractivity contribution is -0.133. The number of hydrogen-bond acceptors (Lipinski definition) is 4. The van der Waals surface area contributed by atoms with Gasteiger partial charge in [0.05, 0.1) is 17.8 Å². The molecule has 2 aromatic carbocycles. The number of fused-ring (bicyclic) bond motifs is 3. The summed E-state index contributed by atoms with van der Waals surface area (Å²) in [7, 11) is 1.58. The molecule has 0 aliphatic heterocycles. The Morgan fingerprint density at radius 2 is 2.05 bits per heavy atom. The highest BCUT2D eigenvalue weighted by molar-refractivity contribution is 8.00. The van der Waals surface area contributed by atoms with Crippen LogP contribution in [0.4, 0.5) is 0 Å². The number of ether oxygens (including phenoxy) is 1. The van der Waals surface area contributed by atoms with E-state index in [4.69, 9.17) is 14.3 Å². The van der Waals surface area contributed by atoms with Crippen LogP contribution in [-0.4, -0.2) is 23.9 Å². The van der Waals surface area contributed by atoms with Crippen molar-refractivity contribution in [2.24, 2.45) is 0 Å². The number of benzene rings is 2. The third-order valence-corrected chi connectivity index (χ3v) is 4.04. The minimum Gasteiger partial charge on any atom is -0.496 e. The van der Waals surface area contributed by atoms with E-state index in [1.165, 1.54) is 11.8 Å². The lowest BCUT2D eigenvalue weighted by Crippen LogP contribution is -1.98. The predicted octanol–water partition coefficient (Wildman–Crippen LogP) is 3.77. The summed E-state index contributed by atoms with van der Waals surface area (Å²) < 4.78 is 11.1. The van der Waals surface area contributed by atoms with Crippen LogP contribution in [0.5, 0.6) is 5.75 Å². The number of methoxy groups -OCH3 is 1. The molecule has 0 unspecified atom stereocenters. The molecule has 0 spiro atoms. The molecule has 0 saturated carbocycles. The van der Waals surface area contributed by atoms with E-state index in [1.807, 2.05) is 36.4 Å². The summed E-state index contributed by atoms with van der Waals surface area (Å²) in [5.41, 5.74) is 1.55. The van der Waals surface area contributed by atoms with Crippen LogP contribution >= 0.6 is 11.8 Å². The van der Waals surface area contributed by atoms with Gasteiger partial charge in [0, 0.05) is 10.8 Å². The fourth-order valence-electron chi connectivity index (χ4n) is 2.14. The smallest absolute Gasteiger partial charge is 0.313 e. The summed E-state index contributed by atoms with van der Waals surface area (Å²) >= 11 is 1.22. The Bertz CT molecular complexity index is 791. The first-order valence-corrected chi connectivity index (χ1v) is 7.01. The van der Waals surface area contributed by atoms with Gasteiger partial charge in [0.1, 0.15) is 16.9 Å². The van der Waals surface area contributed by atoms with Crippen LogP contribution in [0.2, 0.25) is 0 Å². The van der Waals surface area contributed by atoms with E-state index in [1.54, 1.807) is 7.11 Å². The molecule has 0 fully saturated rings. The Hall–Kier alpha value is -2.14. The van der Waals surface area contributed by atoms with Gasteiger partial charge in [0.2, 0.25) is 0 Å². The van der Waals surface area contributed by atoms with Gasteiger partial charge in [-0.05, 0) is 18.2 Å². The van der Waals surface area contributed by atoms with Crippen LogP contribution in [0.25, 0.3) is 21.9 Å². The van der Waals surface area contributed by atoms with Gasteiger partial charge >= 0.3 is 5.97 Å². The molecule has 0 amide bonds. The average Bonchev–Trinajstić information content (AvgIpc) is 2.81. The van der Waals surface area contributed by atoms with E-state index in [2.05, 4.69) is 0 Å². The third kappa shape index (κ3) is 2.20. The molecule has 4 nitrogen and oxygen atoms in total. The summed E-state index contributed by atoms with van der Waals surface area (Å²) in [5, 5.41) is 10.8. The van der Waals surface area contributed by atoms with Gasteiger partial charge in [-0.2, -0.15) is 0 Å². The van der Waals surface area contributed by atoms with Gasteiger partial charge < -0.3 is 14.3 Å². The number of thioether (sulfide) groups is 1. The monoisotopic (exact) mass is 288 g/mol. The maximum Gasteiger partial charge on any atom is 0.313 e. The van der Waals surface area contributed by atoms with Crippen molar-refractivity contribution in [3.8, 4) is 5.75 Å². The van der Waals surface area contributed by atoms with Gasteiger partial charge in [-0.15, -0.1) is 11.8 Å². The van der Waals surface area contributed by atoms with Gasteiger partial charge in [-0.3, -0.25) is 4.79 Å². The molecule has 3 rings (SSSR count). The number of aliphatic carboxylic acids is 1. The molecule has 5 heteroatoms. The van der Waals surface area contributed by atoms with E-state index in [-0.39, 0.29) is 5.75 Å². The second-order valence-electron chi connectivity index (χ2n) is 4.28. The second kappa shape index (κ2) is 5.09. The second-order valence-corrected chi connectivity index (χ2v) is 5.30. The zero-order valence-electron chi connectivity index (χ0n) is 10.8. The normalized spacial score (nSPS) is 11.1. The third-order valence-electron chi connectivity index (χ3n) is 3.01. The van der Waals surface area contributed by atoms with Gasteiger partial charge in [-0.25, -0.2) is 0 Å². The molecule has 3 aromatic rings. The molecule has 0 bridgehead atoms. The number of rotatable bonds is 4. The SMILES string of the molecule is COc1cc2c(cc1SCC(=O)O)oc1ccccc12. The summed E-state index contributed by atoms with van der Waals surface area (Å²) in [6.07, 6.45) is 0. The minimum atomic E-state index is -0.859. The number of carboxylic acid groups (broad SMARTS) is 1. The van der Waals surface area contributed by atoms with Gasteiger partial charge in [-0.1, -0.05) is 18.2 Å². The van der Waals surface area contributed by atoms with Crippen LogP contribution in [0.15, 0.2) is 45.7 Å². The highest BCUT2D eigenvalue weighted by Crippen LogP contribution is 2.37. The Morgan fingerprint density at radius 3 is 2.80 bits per heavy atom. The lowest BCUT2D eigenvalue weighted by Gasteiger charge is -2.06. The average molecular weight is 288 g/mol. The van der Waals surface area contributed by atoms with Crippen molar-refractivity contribution in [3.05, 3.63) is 36.4 Å². The first-order chi connectivity index (χ1) is 9.69. The molecule has 0 atom stereocenters. The molecule has 0 radical (unpaired) electrons. The largest absolute Gasteiger partial charge is 0.496 e. The summed E-state index contributed by atoms with van der Waals surface area (Å²) in [6.45, 7) is 0. The first-order valence-electron chi connectivity index (χ1n) is 6.03. The molecule has 1 heterocycles. The standard InChI is InChI=1S/C15H12O4S/c1-18-13-6-10-9-4-2-3-5-11(9)19-12(10)7-14(13)20-8-15(16)17/h2-7H,8H2,1H3,(H,16,17). The Kier molecular flexibility index (Phi) is 3.28. The van der Waals surface area contributed by atoms with Crippen molar-refractivity contribution in [3.63, 3.8) is 0 Å². The number of para-hydroxylation sites is 1. The molecule has 0 aliphatic rings. The van der Waals surface area contributed by atoms with Crippen LogP contribution in [0.3, 0.4) is 0 Å². The van der Waals surface area contributed by atoms with Gasteiger partial charge in [0.25, 0.3) is 0 Å². The number of furan rings is 1. The zero-order valence-corrected chi connectivity index (χ0v) is 11.6. The van der Waals surface area contributed by atoms with Crippen LogP contribution < -0.4 is 4.74 Å². The Morgan fingerprint density at radius 1 is 1.25 bits per heavy atom. The van der Waals surface area contributed by atoms with E-state index in [0.717, 1.165) is 26.8 Å². The summed E-state index contributed by atoms with van der Waals surface area (Å²) in [5.74, 6) is -0.209.